The summed E-state index contributed by atoms with van der Waals surface area (Å²) in [4.78, 5) is 12.4. The predicted octanol–water partition coefficient (Wildman–Crippen LogP) is 5.04. The SMILES string of the molecule is C[CH]C(=O)O[Si](Cc1ccccc1)(Cc1ccccc1)Cc1ccccc1. The molecule has 3 aromatic carbocycles. The smallest absolute Gasteiger partial charge is 0.296 e. The second-order valence-corrected chi connectivity index (χ2v) is 10.5. The summed E-state index contributed by atoms with van der Waals surface area (Å²) in [6, 6.07) is 33.5. The summed E-state index contributed by atoms with van der Waals surface area (Å²) in [5.41, 5.74) is 3.67. The number of carbonyl (C=O) groups is 1. The molecule has 1 radical (unpaired) electrons. The van der Waals surface area contributed by atoms with Crippen molar-refractivity contribution in [2.45, 2.75) is 25.1 Å². The van der Waals surface area contributed by atoms with E-state index < -0.39 is 8.32 Å². The lowest BCUT2D eigenvalue weighted by molar-refractivity contribution is -0.131. The molecule has 2 nitrogen and oxygen atoms in total. The highest BCUT2D eigenvalue weighted by molar-refractivity contribution is 6.73. The molecule has 0 aliphatic carbocycles. The van der Waals surface area contributed by atoms with Crippen molar-refractivity contribution in [1.29, 1.82) is 0 Å². The summed E-state index contributed by atoms with van der Waals surface area (Å²) in [7, 11) is -2.48. The van der Waals surface area contributed by atoms with Crippen LogP contribution in [0.2, 0.25) is 0 Å². The van der Waals surface area contributed by atoms with Gasteiger partial charge in [0.15, 0.2) is 0 Å². The van der Waals surface area contributed by atoms with Crippen molar-refractivity contribution in [1.82, 2.24) is 0 Å². The average molecular weight is 374 g/mol. The Morgan fingerprint density at radius 2 is 1.04 bits per heavy atom. The van der Waals surface area contributed by atoms with Crippen LogP contribution in [0.25, 0.3) is 0 Å². The summed E-state index contributed by atoms with van der Waals surface area (Å²) < 4.78 is 6.24. The van der Waals surface area contributed by atoms with E-state index in [9.17, 15) is 4.79 Å². The van der Waals surface area contributed by atoms with E-state index in [1.807, 2.05) is 54.6 Å². The van der Waals surface area contributed by atoms with E-state index in [0.717, 1.165) is 18.1 Å². The largest absolute Gasteiger partial charge is 0.518 e. The first-order chi connectivity index (χ1) is 13.2. The number of hydrogen-bond acceptors (Lipinski definition) is 2. The van der Waals surface area contributed by atoms with Gasteiger partial charge in [0, 0.05) is 18.1 Å². The van der Waals surface area contributed by atoms with Crippen LogP contribution in [0.5, 0.6) is 0 Å². The van der Waals surface area contributed by atoms with E-state index >= 15 is 0 Å². The summed E-state index contributed by atoms with van der Waals surface area (Å²) in [6.45, 7) is 1.75. The Balaban J connectivity index is 1.99. The van der Waals surface area contributed by atoms with Crippen LogP contribution in [-0.4, -0.2) is 14.3 Å². The Bertz CT molecular complexity index is 731. The molecule has 0 aliphatic rings. The molecule has 0 amide bonds. The number of rotatable bonds is 8. The normalized spacial score (nSPS) is 11.1. The van der Waals surface area contributed by atoms with Crippen molar-refractivity contribution in [3.05, 3.63) is 114 Å². The molecule has 0 N–H and O–H groups in total. The molecule has 0 heterocycles. The maximum Gasteiger partial charge on any atom is 0.296 e. The standard InChI is InChI=1S/C24H25O2Si/c1-2-24(25)26-27(18-21-12-6-3-7-13-21,19-22-14-8-4-9-15-22)20-23-16-10-5-11-17-23/h2-17H,18-20H2,1H3. The van der Waals surface area contributed by atoms with Gasteiger partial charge in [-0.05, 0) is 16.7 Å². The Morgan fingerprint density at radius 1 is 0.704 bits per heavy atom. The lowest BCUT2D eigenvalue weighted by atomic mass is 10.2. The van der Waals surface area contributed by atoms with Crippen molar-refractivity contribution in [3.63, 3.8) is 0 Å². The fraction of sp³-hybridized carbons (Fsp3) is 0.167. The maximum atomic E-state index is 12.4. The average Bonchev–Trinajstić information content (AvgIpc) is 2.70. The highest BCUT2D eigenvalue weighted by atomic mass is 28.4. The van der Waals surface area contributed by atoms with Crippen LogP contribution in [-0.2, 0) is 27.4 Å². The van der Waals surface area contributed by atoms with Crippen LogP contribution in [0.1, 0.15) is 23.6 Å². The van der Waals surface area contributed by atoms with Crippen molar-refractivity contribution in [2.75, 3.05) is 0 Å². The van der Waals surface area contributed by atoms with Crippen LogP contribution in [0, 0.1) is 6.42 Å². The lowest BCUT2D eigenvalue weighted by Crippen LogP contribution is -2.49. The second kappa shape index (κ2) is 9.33. The minimum atomic E-state index is -2.48. The van der Waals surface area contributed by atoms with Crippen LogP contribution in [0.15, 0.2) is 91.0 Å². The van der Waals surface area contributed by atoms with Gasteiger partial charge >= 0.3 is 0 Å². The first kappa shape index (κ1) is 19.1. The van der Waals surface area contributed by atoms with Gasteiger partial charge in [0.05, 0.1) is 6.42 Å². The van der Waals surface area contributed by atoms with Crippen molar-refractivity contribution in [3.8, 4) is 0 Å². The molecule has 0 aliphatic heterocycles. The van der Waals surface area contributed by atoms with Gasteiger partial charge in [-0.25, -0.2) is 0 Å². The fourth-order valence-electron chi connectivity index (χ4n) is 3.47. The third kappa shape index (κ3) is 5.66. The predicted molar refractivity (Wildman–Crippen MR) is 112 cm³/mol. The van der Waals surface area contributed by atoms with Gasteiger partial charge in [-0.15, -0.1) is 0 Å². The van der Waals surface area contributed by atoms with E-state index in [4.69, 9.17) is 4.43 Å². The molecular formula is C24H25O2Si. The van der Waals surface area contributed by atoms with Gasteiger partial charge in [0.2, 0.25) is 0 Å². The molecule has 0 unspecified atom stereocenters. The molecule has 3 rings (SSSR count). The van der Waals surface area contributed by atoms with Crippen LogP contribution >= 0.6 is 0 Å². The Hall–Kier alpha value is -2.65. The lowest BCUT2D eigenvalue weighted by Gasteiger charge is -2.32. The van der Waals surface area contributed by atoms with Gasteiger partial charge in [0.25, 0.3) is 14.3 Å². The van der Waals surface area contributed by atoms with E-state index in [0.29, 0.717) is 0 Å². The zero-order valence-corrected chi connectivity index (χ0v) is 16.7. The number of benzene rings is 3. The molecule has 0 saturated carbocycles. The first-order valence-electron chi connectivity index (χ1n) is 9.33. The fourth-order valence-corrected chi connectivity index (χ4v) is 7.55. The molecule has 0 bridgehead atoms. The minimum Gasteiger partial charge on any atom is -0.518 e. The zero-order valence-electron chi connectivity index (χ0n) is 15.7. The van der Waals surface area contributed by atoms with Crippen molar-refractivity contribution in [2.24, 2.45) is 0 Å². The van der Waals surface area contributed by atoms with Crippen LogP contribution < -0.4 is 0 Å². The molecule has 0 fully saturated rings. The van der Waals surface area contributed by atoms with Gasteiger partial charge in [0.1, 0.15) is 0 Å². The summed E-state index contributed by atoms with van der Waals surface area (Å²) in [6.07, 6.45) is 1.53. The van der Waals surface area contributed by atoms with E-state index in [-0.39, 0.29) is 5.97 Å². The van der Waals surface area contributed by atoms with Crippen LogP contribution in [0.3, 0.4) is 0 Å². The monoisotopic (exact) mass is 373 g/mol. The van der Waals surface area contributed by atoms with Gasteiger partial charge in [-0.2, -0.15) is 0 Å². The quantitative estimate of drug-likeness (QED) is 0.517. The molecule has 3 heteroatoms. The molecule has 0 atom stereocenters. The van der Waals surface area contributed by atoms with Crippen molar-refractivity contribution < 1.29 is 9.22 Å². The van der Waals surface area contributed by atoms with Gasteiger partial charge < -0.3 is 4.43 Å². The first-order valence-corrected chi connectivity index (χ1v) is 11.9. The molecule has 3 aromatic rings. The third-order valence-corrected chi connectivity index (χ3v) is 8.45. The van der Waals surface area contributed by atoms with E-state index in [1.165, 1.54) is 23.1 Å². The molecule has 0 aromatic heterocycles. The van der Waals surface area contributed by atoms with E-state index in [1.54, 1.807) is 6.92 Å². The Morgan fingerprint density at radius 3 is 1.33 bits per heavy atom. The second-order valence-electron chi connectivity index (χ2n) is 6.88. The minimum absolute atomic E-state index is 0.218. The number of hydrogen-bond donors (Lipinski definition) is 0. The van der Waals surface area contributed by atoms with Crippen molar-refractivity contribution >= 4 is 14.3 Å². The van der Waals surface area contributed by atoms with Crippen LogP contribution in [0.4, 0.5) is 0 Å². The summed E-state index contributed by atoms with van der Waals surface area (Å²) in [5, 5.41) is 0. The highest BCUT2D eigenvalue weighted by Gasteiger charge is 2.39. The third-order valence-electron chi connectivity index (χ3n) is 4.66. The molecule has 137 valence electrons. The zero-order chi connectivity index (χ0) is 19.0. The Labute approximate surface area is 163 Å². The topological polar surface area (TPSA) is 26.3 Å². The molecule has 27 heavy (non-hydrogen) atoms. The maximum absolute atomic E-state index is 12.4. The Kier molecular flexibility index (Phi) is 6.61. The highest BCUT2D eigenvalue weighted by Crippen LogP contribution is 2.24. The molecular weight excluding hydrogens is 348 g/mol. The van der Waals surface area contributed by atoms with Gasteiger partial charge in [-0.1, -0.05) is 97.9 Å². The van der Waals surface area contributed by atoms with E-state index in [2.05, 4.69) is 36.4 Å². The molecule has 0 spiro atoms. The summed E-state index contributed by atoms with van der Waals surface area (Å²) >= 11 is 0. The number of carbonyl (C=O) groups excluding carboxylic acids is 1. The van der Waals surface area contributed by atoms with Gasteiger partial charge in [-0.3, -0.25) is 4.79 Å². The molecule has 0 saturated heterocycles. The summed E-state index contributed by atoms with van der Waals surface area (Å²) in [5.74, 6) is -0.218.